The van der Waals surface area contributed by atoms with Gasteiger partial charge in [0.05, 0.1) is 29.4 Å². The first-order chi connectivity index (χ1) is 14.2. The first-order valence-electron chi connectivity index (χ1n) is 9.57. The number of anilines is 1. The summed E-state index contributed by atoms with van der Waals surface area (Å²) in [5.74, 6) is -0.526. The van der Waals surface area contributed by atoms with Crippen molar-refractivity contribution >= 4 is 39.7 Å². The minimum Gasteiger partial charge on any atom is -0.378 e. The molecule has 6 nitrogen and oxygen atoms in total. The number of thiazole rings is 1. The minimum absolute atomic E-state index is 0.405. The molecule has 0 spiro atoms. The first kappa shape index (κ1) is 19.6. The summed E-state index contributed by atoms with van der Waals surface area (Å²) in [6, 6.07) is 6.01. The molecule has 3 aromatic rings. The molecule has 0 amide bonds. The molecular weight excluding hydrogens is 389 g/mol. The normalized spacial score (nSPS) is 15.9. The molecule has 0 N–H and O–H groups in total. The second-order valence-electron chi connectivity index (χ2n) is 6.72. The number of allylic oxidation sites excluding steroid dienone is 1. The number of ether oxygens (including phenoxy) is 1. The molecule has 1 aliphatic heterocycles. The van der Waals surface area contributed by atoms with E-state index in [0.29, 0.717) is 17.7 Å². The van der Waals surface area contributed by atoms with Gasteiger partial charge in [-0.3, -0.25) is 0 Å². The Kier molecular flexibility index (Phi) is 6.21. The number of hydrogen-bond donors (Lipinski definition) is 0. The Morgan fingerprint density at radius 2 is 2.14 bits per heavy atom. The van der Waals surface area contributed by atoms with E-state index in [-0.39, 0.29) is 0 Å². The Labute approximate surface area is 172 Å². The van der Waals surface area contributed by atoms with Gasteiger partial charge in [0, 0.05) is 53.9 Å². The molecule has 4 rings (SSSR count). The summed E-state index contributed by atoms with van der Waals surface area (Å²) in [5.41, 5.74) is 2.85. The number of aryl methyl sites for hydroxylation is 1. The van der Waals surface area contributed by atoms with Crippen LogP contribution in [0.1, 0.15) is 24.0 Å². The van der Waals surface area contributed by atoms with E-state index in [0.717, 1.165) is 54.3 Å². The predicted octanol–water partition coefficient (Wildman–Crippen LogP) is 4.28. The molecule has 150 valence electrons. The zero-order valence-electron chi connectivity index (χ0n) is 16.2. The number of nitrogens with zero attached hydrogens (tertiary/aromatic N) is 5. The number of rotatable bonds is 6. The SMILES string of the molecule is C/C(=C(/F)N=CCCc1nccs1)c1ncnc2cc(N3CCOCC3)ccc12. The van der Waals surface area contributed by atoms with Gasteiger partial charge in [-0.1, -0.05) is 0 Å². The fraction of sp³-hybridized carbons (Fsp3) is 0.333. The molecule has 0 bridgehead atoms. The van der Waals surface area contributed by atoms with Gasteiger partial charge in [-0.25, -0.2) is 19.9 Å². The fourth-order valence-electron chi connectivity index (χ4n) is 3.27. The molecule has 0 atom stereocenters. The van der Waals surface area contributed by atoms with Gasteiger partial charge >= 0.3 is 0 Å². The van der Waals surface area contributed by atoms with Crippen LogP contribution in [0.3, 0.4) is 0 Å². The largest absolute Gasteiger partial charge is 0.378 e. The lowest BCUT2D eigenvalue weighted by atomic mass is 10.1. The van der Waals surface area contributed by atoms with Crippen LogP contribution >= 0.6 is 11.3 Å². The van der Waals surface area contributed by atoms with Gasteiger partial charge in [0.1, 0.15) is 6.33 Å². The topological polar surface area (TPSA) is 63.5 Å². The molecule has 0 aliphatic carbocycles. The lowest BCUT2D eigenvalue weighted by molar-refractivity contribution is 0.122. The van der Waals surface area contributed by atoms with E-state index in [9.17, 15) is 4.39 Å². The molecule has 0 unspecified atom stereocenters. The average molecular weight is 412 g/mol. The van der Waals surface area contributed by atoms with Gasteiger partial charge in [-0.2, -0.15) is 4.39 Å². The summed E-state index contributed by atoms with van der Waals surface area (Å²) in [6.45, 7) is 4.85. The van der Waals surface area contributed by atoms with Gasteiger partial charge in [0.25, 0.3) is 0 Å². The van der Waals surface area contributed by atoms with Crippen molar-refractivity contribution in [3.8, 4) is 0 Å². The van der Waals surface area contributed by atoms with Crippen LogP contribution in [0.15, 0.2) is 47.0 Å². The van der Waals surface area contributed by atoms with E-state index in [4.69, 9.17) is 4.74 Å². The number of aliphatic imine (C=N–C) groups is 1. The third-order valence-electron chi connectivity index (χ3n) is 4.84. The van der Waals surface area contributed by atoms with Crippen LogP contribution in [0.5, 0.6) is 0 Å². The molecular formula is C21H22FN5OS. The van der Waals surface area contributed by atoms with Crippen LogP contribution in [0.4, 0.5) is 10.1 Å². The summed E-state index contributed by atoms with van der Waals surface area (Å²) in [7, 11) is 0. The summed E-state index contributed by atoms with van der Waals surface area (Å²) in [6.07, 6.45) is 6.24. The van der Waals surface area contributed by atoms with E-state index in [2.05, 4.69) is 24.8 Å². The second-order valence-corrected chi connectivity index (χ2v) is 7.69. The van der Waals surface area contributed by atoms with E-state index in [1.54, 1.807) is 30.7 Å². The Morgan fingerprint density at radius 1 is 1.28 bits per heavy atom. The number of aromatic nitrogens is 3. The molecule has 1 aromatic carbocycles. The highest BCUT2D eigenvalue weighted by atomic mass is 32.1. The summed E-state index contributed by atoms with van der Waals surface area (Å²) in [4.78, 5) is 19.2. The maximum Gasteiger partial charge on any atom is 0.217 e. The smallest absolute Gasteiger partial charge is 0.217 e. The number of morpholine rings is 1. The lowest BCUT2D eigenvalue weighted by Gasteiger charge is -2.29. The molecule has 29 heavy (non-hydrogen) atoms. The van der Waals surface area contributed by atoms with Gasteiger partial charge in [0.15, 0.2) is 0 Å². The third kappa shape index (κ3) is 4.65. The molecule has 1 aliphatic rings. The quantitative estimate of drug-likeness (QED) is 0.447. The van der Waals surface area contributed by atoms with Crippen LogP contribution < -0.4 is 4.90 Å². The standard InChI is InChI=1S/C21H22FN5OS/c1-15(21(22)24-6-2-3-19-23-7-12-29-19)20-17-5-4-16(13-18(17)25-14-26-20)27-8-10-28-11-9-27/h4-7,12-14H,2-3,8-11H2,1H3/b21-15+,24-6?. The molecule has 0 radical (unpaired) electrons. The number of hydrogen-bond acceptors (Lipinski definition) is 7. The van der Waals surface area contributed by atoms with E-state index in [1.807, 2.05) is 23.6 Å². The van der Waals surface area contributed by atoms with Crippen molar-refractivity contribution in [1.29, 1.82) is 0 Å². The average Bonchev–Trinajstić information content (AvgIpc) is 3.29. The van der Waals surface area contributed by atoms with Crippen molar-refractivity contribution in [3.63, 3.8) is 0 Å². The highest BCUT2D eigenvalue weighted by molar-refractivity contribution is 7.09. The van der Waals surface area contributed by atoms with Crippen molar-refractivity contribution in [2.45, 2.75) is 19.8 Å². The summed E-state index contributed by atoms with van der Waals surface area (Å²) < 4.78 is 20.0. The van der Waals surface area contributed by atoms with Gasteiger partial charge in [-0.05, 0) is 31.5 Å². The van der Waals surface area contributed by atoms with Crippen molar-refractivity contribution in [2.24, 2.45) is 4.99 Å². The van der Waals surface area contributed by atoms with Crippen molar-refractivity contribution in [2.75, 3.05) is 31.2 Å². The monoisotopic (exact) mass is 411 g/mol. The van der Waals surface area contributed by atoms with Crippen molar-refractivity contribution < 1.29 is 9.13 Å². The fourth-order valence-corrected chi connectivity index (χ4v) is 3.90. The molecule has 8 heteroatoms. The van der Waals surface area contributed by atoms with Gasteiger partial charge in [0.2, 0.25) is 5.95 Å². The van der Waals surface area contributed by atoms with Gasteiger partial charge < -0.3 is 9.64 Å². The molecule has 1 fully saturated rings. The summed E-state index contributed by atoms with van der Waals surface area (Å²) in [5, 5.41) is 3.77. The lowest BCUT2D eigenvalue weighted by Crippen LogP contribution is -2.36. The molecule has 2 aromatic heterocycles. The zero-order valence-corrected chi connectivity index (χ0v) is 17.0. The first-order valence-corrected chi connectivity index (χ1v) is 10.5. The van der Waals surface area contributed by atoms with E-state index < -0.39 is 5.95 Å². The van der Waals surface area contributed by atoms with Gasteiger partial charge in [-0.15, -0.1) is 11.3 Å². The number of halogens is 1. The van der Waals surface area contributed by atoms with Crippen molar-refractivity contribution in [1.82, 2.24) is 15.0 Å². The van der Waals surface area contributed by atoms with Crippen LogP contribution in [-0.2, 0) is 11.2 Å². The maximum atomic E-state index is 14.6. The maximum absolute atomic E-state index is 14.6. The zero-order chi connectivity index (χ0) is 20.1. The van der Waals surface area contributed by atoms with E-state index >= 15 is 0 Å². The highest BCUT2D eigenvalue weighted by Crippen LogP contribution is 2.28. The molecule has 1 saturated heterocycles. The third-order valence-corrected chi connectivity index (χ3v) is 5.68. The molecule has 3 heterocycles. The van der Waals surface area contributed by atoms with Crippen LogP contribution in [0, 0.1) is 0 Å². The highest BCUT2D eigenvalue weighted by Gasteiger charge is 2.14. The Bertz CT molecular complexity index is 1030. The van der Waals surface area contributed by atoms with Crippen molar-refractivity contribution in [3.05, 3.63) is 52.8 Å². The Balaban J connectivity index is 1.54. The Hall–Kier alpha value is -2.71. The molecule has 0 saturated carbocycles. The van der Waals surface area contributed by atoms with Crippen LogP contribution in [-0.4, -0.2) is 47.5 Å². The number of benzene rings is 1. The van der Waals surface area contributed by atoms with Crippen LogP contribution in [0.25, 0.3) is 16.5 Å². The van der Waals surface area contributed by atoms with Crippen LogP contribution in [0.2, 0.25) is 0 Å². The minimum atomic E-state index is -0.526. The number of fused-ring (bicyclic) bond motifs is 1. The predicted molar refractivity (Wildman–Crippen MR) is 115 cm³/mol. The Morgan fingerprint density at radius 3 is 2.93 bits per heavy atom. The second kappa shape index (κ2) is 9.19. The summed E-state index contributed by atoms with van der Waals surface area (Å²) >= 11 is 1.59. The van der Waals surface area contributed by atoms with E-state index in [1.165, 1.54) is 6.33 Å².